The van der Waals surface area contributed by atoms with Gasteiger partial charge in [-0.2, -0.15) is 0 Å². The normalized spacial score (nSPS) is 13.2. The zero-order valence-electron chi connectivity index (χ0n) is 13.1. The Morgan fingerprint density at radius 3 is 2.62 bits per heavy atom. The highest BCUT2D eigenvalue weighted by Crippen LogP contribution is 2.32. The number of methoxy groups -OCH3 is 1. The summed E-state index contributed by atoms with van der Waals surface area (Å²) in [6.45, 7) is 6.63. The van der Waals surface area contributed by atoms with Crippen LogP contribution in [-0.2, 0) is 0 Å². The van der Waals surface area contributed by atoms with Crippen molar-refractivity contribution in [2.24, 2.45) is 5.41 Å². The standard InChI is InChI=1S/C17H23ClN2O/c1-17(2,3)15(8-10-18)20-16-13-6-5-7-14(21-4)12(13)9-11-19-16/h5-7,9,11,15H,8,10H2,1-4H3,(H,19,20). The number of aromatic nitrogens is 1. The largest absolute Gasteiger partial charge is 0.496 e. The van der Waals surface area contributed by atoms with Crippen LogP contribution < -0.4 is 10.1 Å². The summed E-state index contributed by atoms with van der Waals surface area (Å²) in [7, 11) is 1.69. The fourth-order valence-corrected chi connectivity index (χ4v) is 2.69. The monoisotopic (exact) mass is 306 g/mol. The molecule has 0 radical (unpaired) electrons. The summed E-state index contributed by atoms with van der Waals surface area (Å²) in [4.78, 5) is 4.51. The molecule has 0 amide bonds. The predicted octanol–water partition coefficient (Wildman–Crippen LogP) is 4.70. The van der Waals surface area contributed by atoms with Crippen molar-refractivity contribution in [1.29, 1.82) is 0 Å². The fourth-order valence-electron chi connectivity index (χ4n) is 2.47. The van der Waals surface area contributed by atoms with Gasteiger partial charge in [0.1, 0.15) is 11.6 Å². The number of halogens is 1. The van der Waals surface area contributed by atoms with Gasteiger partial charge in [0.15, 0.2) is 0 Å². The van der Waals surface area contributed by atoms with Crippen molar-refractivity contribution in [3.05, 3.63) is 30.5 Å². The number of nitrogens with one attached hydrogen (secondary N) is 1. The van der Waals surface area contributed by atoms with E-state index in [0.29, 0.717) is 5.88 Å². The number of hydrogen-bond acceptors (Lipinski definition) is 3. The molecule has 0 aliphatic rings. The first-order chi connectivity index (χ1) is 9.97. The fraction of sp³-hybridized carbons (Fsp3) is 0.471. The van der Waals surface area contributed by atoms with Gasteiger partial charge >= 0.3 is 0 Å². The van der Waals surface area contributed by atoms with E-state index in [1.54, 1.807) is 7.11 Å². The number of benzene rings is 1. The third-order valence-electron chi connectivity index (χ3n) is 3.74. The van der Waals surface area contributed by atoms with Crippen LogP contribution >= 0.6 is 11.6 Å². The van der Waals surface area contributed by atoms with Crippen molar-refractivity contribution in [1.82, 2.24) is 4.98 Å². The molecular formula is C17H23ClN2O. The topological polar surface area (TPSA) is 34.1 Å². The van der Waals surface area contributed by atoms with Crippen LogP contribution in [-0.4, -0.2) is 24.0 Å². The van der Waals surface area contributed by atoms with E-state index in [1.807, 2.05) is 24.4 Å². The Hall–Kier alpha value is -1.48. The minimum absolute atomic E-state index is 0.109. The first-order valence-corrected chi connectivity index (χ1v) is 7.75. The van der Waals surface area contributed by atoms with E-state index < -0.39 is 0 Å². The number of alkyl halides is 1. The van der Waals surface area contributed by atoms with E-state index >= 15 is 0 Å². The van der Waals surface area contributed by atoms with Crippen molar-refractivity contribution >= 4 is 28.2 Å². The van der Waals surface area contributed by atoms with Gasteiger partial charge in [0.2, 0.25) is 0 Å². The maximum absolute atomic E-state index is 5.95. The van der Waals surface area contributed by atoms with Gasteiger partial charge in [0.05, 0.1) is 7.11 Å². The Bertz CT molecular complexity index is 607. The molecule has 1 aromatic carbocycles. The molecular weight excluding hydrogens is 284 g/mol. The summed E-state index contributed by atoms with van der Waals surface area (Å²) >= 11 is 5.95. The molecule has 1 unspecified atom stereocenters. The number of ether oxygens (including phenoxy) is 1. The smallest absolute Gasteiger partial charge is 0.134 e. The molecule has 2 rings (SSSR count). The van der Waals surface area contributed by atoms with Crippen molar-refractivity contribution < 1.29 is 4.74 Å². The Labute approximate surface area is 131 Å². The van der Waals surface area contributed by atoms with Crippen molar-refractivity contribution in [2.45, 2.75) is 33.2 Å². The Morgan fingerprint density at radius 1 is 1.24 bits per heavy atom. The maximum Gasteiger partial charge on any atom is 0.134 e. The molecule has 1 heterocycles. The van der Waals surface area contributed by atoms with Gasteiger partial charge in [-0.25, -0.2) is 4.98 Å². The van der Waals surface area contributed by atoms with Gasteiger partial charge in [-0.3, -0.25) is 0 Å². The molecule has 0 aliphatic carbocycles. The average Bonchev–Trinajstić information content (AvgIpc) is 2.45. The number of fused-ring (bicyclic) bond motifs is 1. The van der Waals surface area contributed by atoms with Crippen LogP contribution in [0.4, 0.5) is 5.82 Å². The van der Waals surface area contributed by atoms with Crippen molar-refractivity contribution in [2.75, 3.05) is 18.3 Å². The summed E-state index contributed by atoms with van der Waals surface area (Å²) in [6.07, 6.45) is 2.71. The predicted molar refractivity (Wildman–Crippen MR) is 90.5 cm³/mol. The minimum Gasteiger partial charge on any atom is -0.496 e. The lowest BCUT2D eigenvalue weighted by Gasteiger charge is -2.32. The van der Waals surface area contributed by atoms with E-state index in [-0.39, 0.29) is 11.5 Å². The summed E-state index contributed by atoms with van der Waals surface area (Å²) in [5, 5.41) is 5.70. The lowest BCUT2D eigenvalue weighted by atomic mass is 9.85. The van der Waals surface area contributed by atoms with E-state index in [4.69, 9.17) is 16.3 Å². The second kappa shape index (κ2) is 6.52. The van der Waals surface area contributed by atoms with E-state index in [2.05, 4.69) is 37.1 Å². The average molecular weight is 307 g/mol. The molecule has 0 bridgehead atoms. The Balaban J connectivity index is 2.42. The molecule has 0 spiro atoms. The van der Waals surface area contributed by atoms with E-state index in [1.165, 1.54) is 0 Å². The summed E-state index contributed by atoms with van der Waals surface area (Å²) in [5.41, 5.74) is 0.109. The molecule has 0 fully saturated rings. The number of pyridine rings is 1. The lowest BCUT2D eigenvalue weighted by Crippen LogP contribution is -2.34. The Morgan fingerprint density at radius 2 is 2.00 bits per heavy atom. The highest BCUT2D eigenvalue weighted by molar-refractivity contribution is 6.17. The zero-order valence-corrected chi connectivity index (χ0v) is 13.9. The number of hydrogen-bond donors (Lipinski definition) is 1. The second-order valence-electron chi connectivity index (χ2n) is 6.26. The summed E-state index contributed by atoms with van der Waals surface area (Å²) < 4.78 is 5.43. The molecule has 1 aromatic heterocycles. The van der Waals surface area contributed by atoms with Crippen LogP contribution in [0, 0.1) is 5.41 Å². The molecule has 0 saturated heterocycles. The van der Waals surface area contributed by atoms with Crippen molar-refractivity contribution in [3.63, 3.8) is 0 Å². The molecule has 0 aliphatic heterocycles. The van der Waals surface area contributed by atoms with Crippen LogP contribution in [0.2, 0.25) is 0 Å². The second-order valence-corrected chi connectivity index (χ2v) is 6.63. The molecule has 3 nitrogen and oxygen atoms in total. The summed E-state index contributed by atoms with van der Waals surface area (Å²) in [5.74, 6) is 2.38. The number of anilines is 1. The third kappa shape index (κ3) is 3.59. The zero-order chi connectivity index (χ0) is 15.5. The maximum atomic E-state index is 5.95. The molecule has 1 N–H and O–H groups in total. The minimum atomic E-state index is 0.109. The van der Waals surface area contributed by atoms with Gasteiger partial charge in [-0.05, 0) is 24.0 Å². The first kappa shape index (κ1) is 15.9. The highest BCUT2D eigenvalue weighted by atomic mass is 35.5. The number of rotatable bonds is 5. The highest BCUT2D eigenvalue weighted by Gasteiger charge is 2.24. The van der Waals surface area contributed by atoms with Crippen LogP contribution in [0.15, 0.2) is 30.5 Å². The van der Waals surface area contributed by atoms with Crippen molar-refractivity contribution in [3.8, 4) is 5.75 Å². The van der Waals surface area contributed by atoms with E-state index in [9.17, 15) is 0 Å². The SMILES string of the molecule is COc1cccc2c(NC(CCCl)C(C)(C)C)nccc12. The van der Waals surface area contributed by atoms with Gasteiger partial charge in [-0.15, -0.1) is 11.6 Å². The van der Waals surface area contributed by atoms with Gasteiger partial charge in [0, 0.05) is 28.9 Å². The lowest BCUT2D eigenvalue weighted by molar-refractivity contribution is 0.334. The summed E-state index contributed by atoms with van der Waals surface area (Å²) in [6, 6.07) is 8.26. The third-order valence-corrected chi connectivity index (χ3v) is 3.96. The van der Waals surface area contributed by atoms with Gasteiger partial charge in [-0.1, -0.05) is 32.9 Å². The molecule has 21 heavy (non-hydrogen) atoms. The molecule has 4 heteroatoms. The van der Waals surface area contributed by atoms with Crippen LogP contribution in [0.5, 0.6) is 5.75 Å². The number of nitrogens with zero attached hydrogens (tertiary/aromatic N) is 1. The molecule has 114 valence electrons. The molecule has 0 saturated carbocycles. The Kier molecular flexibility index (Phi) is 4.94. The van der Waals surface area contributed by atoms with Crippen LogP contribution in [0.3, 0.4) is 0 Å². The van der Waals surface area contributed by atoms with E-state index in [0.717, 1.165) is 28.8 Å². The first-order valence-electron chi connectivity index (χ1n) is 7.21. The van der Waals surface area contributed by atoms with Crippen LogP contribution in [0.25, 0.3) is 10.8 Å². The van der Waals surface area contributed by atoms with Crippen LogP contribution in [0.1, 0.15) is 27.2 Å². The quantitative estimate of drug-likeness (QED) is 0.813. The molecule has 1 atom stereocenters. The van der Waals surface area contributed by atoms with Gasteiger partial charge < -0.3 is 10.1 Å². The van der Waals surface area contributed by atoms with Gasteiger partial charge in [0.25, 0.3) is 0 Å². The molecule has 2 aromatic rings.